The van der Waals surface area contributed by atoms with E-state index in [2.05, 4.69) is 74.6 Å². The first-order valence-electron chi connectivity index (χ1n) is 18.5. The lowest BCUT2D eigenvalue weighted by atomic mass is 10.1. The van der Waals surface area contributed by atoms with E-state index in [1.54, 1.807) is 0 Å². The maximum atomic E-state index is 12.6. The molecule has 8 heteroatoms. The summed E-state index contributed by atoms with van der Waals surface area (Å²) in [7, 11) is 5.48. The zero-order chi connectivity index (χ0) is 36.4. The Morgan fingerprint density at radius 3 is 1.86 bits per heavy atom. The van der Waals surface area contributed by atoms with Gasteiger partial charge in [0.1, 0.15) is 6.61 Å². The van der Waals surface area contributed by atoms with Gasteiger partial charge in [-0.25, -0.2) is 4.79 Å². The fourth-order valence-electron chi connectivity index (χ4n) is 4.81. The average molecular weight is 687 g/mol. The van der Waals surface area contributed by atoms with Crippen LogP contribution >= 0.6 is 0 Å². The van der Waals surface area contributed by atoms with Gasteiger partial charge in [0.2, 0.25) is 0 Å². The number of ether oxygens (including phenoxy) is 3. The number of nitrogens with zero attached hydrogens (tertiary/aromatic N) is 1. The van der Waals surface area contributed by atoms with Crippen molar-refractivity contribution in [3.05, 3.63) is 72.9 Å². The van der Waals surface area contributed by atoms with Gasteiger partial charge in [0, 0.05) is 19.3 Å². The summed E-state index contributed by atoms with van der Waals surface area (Å²) in [6.45, 7) is 4.38. The third-order valence-electron chi connectivity index (χ3n) is 7.66. The summed E-state index contributed by atoms with van der Waals surface area (Å²) >= 11 is 0. The molecule has 0 aliphatic heterocycles. The number of rotatable bonds is 31. The predicted molar refractivity (Wildman–Crippen MR) is 201 cm³/mol. The van der Waals surface area contributed by atoms with Crippen LogP contribution in [0.15, 0.2) is 72.9 Å². The normalized spacial score (nSPS) is 13.9. The van der Waals surface area contributed by atoms with Crippen LogP contribution in [0.2, 0.25) is 0 Å². The van der Waals surface area contributed by atoms with Crippen molar-refractivity contribution < 1.29 is 38.2 Å². The van der Waals surface area contributed by atoms with Crippen molar-refractivity contribution in [1.82, 2.24) is 0 Å². The summed E-state index contributed by atoms with van der Waals surface area (Å²) in [6.07, 6.45) is 38.1. The molecule has 0 aromatic rings. The van der Waals surface area contributed by atoms with E-state index in [-0.39, 0.29) is 42.7 Å². The summed E-state index contributed by atoms with van der Waals surface area (Å²) in [5.74, 6) is -1.56. The first-order valence-corrected chi connectivity index (χ1v) is 18.5. The Kier molecular flexibility index (Phi) is 29.9. The number of allylic oxidation sites excluding steroid dienone is 12. The largest absolute Gasteiger partial charge is 0.477 e. The van der Waals surface area contributed by atoms with Gasteiger partial charge in [-0.3, -0.25) is 9.59 Å². The zero-order valence-electron chi connectivity index (χ0n) is 31.4. The SMILES string of the molecule is CC/C=C/C=C/C=C/CCCCCCCC(=O)OCC(COCCC(C(=O)O)[N+](C)(C)C)OC(=O)CCCC/C=C/C/C=C/C/C=C/CC. The minimum Gasteiger partial charge on any atom is -0.477 e. The Balaban J connectivity index is 4.55. The Morgan fingerprint density at radius 1 is 0.633 bits per heavy atom. The van der Waals surface area contributed by atoms with E-state index in [0.29, 0.717) is 19.3 Å². The van der Waals surface area contributed by atoms with Crippen molar-refractivity contribution in [3.63, 3.8) is 0 Å². The molecule has 0 spiro atoms. The first kappa shape index (κ1) is 45.8. The second-order valence-corrected chi connectivity index (χ2v) is 13.1. The number of carbonyl (C=O) groups excluding carboxylic acids is 2. The van der Waals surface area contributed by atoms with Gasteiger partial charge in [-0.05, 0) is 64.2 Å². The lowest BCUT2D eigenvalue weighted by Gasteiger charge is -2.31. The second-order valence-electron chi connectivity index (χ2n) is 13.1. The topological polar surface area (TPSA) is 99.1 Å². The number of carboxylic acid groups (broad SMARTS) is 1. The number of carboxylic acids is 1. The molecule has 0 amide bonds. The van der Waals surface area contributed by atoms with Crippen molar-refractivity contribution in [2.24, 2.45) is 0 Å². The standard InChI is InChI=1S/C41H67NO7/c1-6-8-10-12-14-16-18-20-22-23-25-27-29-31-39(43)48-36-37(35-47-34-33-38(41(45)46)42(3,4)5)49-40(44)32-30-28-26-24-21-19-17-15-13-11-9-7-2/h8-12,14-18,21,24,37-38H,6-7,13,19-20,22-23,25-36H2,1-5H3/p+1/b10-8+,11-9+,14-12+,17-15+,18-16+,24-21+. The number of hydrogen-bond acceptors (Lipinski definition) is 6. The van der Waals surface area contributed by atoms with Gasteiger partial charge in [0.15, 0.2) is 12.1 Å². The highest BCUT2D eigenvalue weighted by Crippen LogP contribution is 2.11. The van der Waals surface area contributed by atoms with Crippen LogP contribution in [-0.2, 0) is 28.6 Å². The Labute approximate surface area is 298 Å². The monoisotopic (exact) mass is 686 g/mol. The van der Waals surface area contributed by atoms with Crippen LogP contribution < -0.4 is 0 Å². The van der Waals surface area contributed by atoms with Gasteiger partial charge in [-0.1, -0.05) is 106 Å². The Bertz CT molecular complexity index is 1030. The Hall–Kier alpha value is -3.23. The van der Waals surface area contributed by atoms with Crippen molar-refractivity contribution in [1.29, 1.82) is 0 Å². The van der Waals surface area contributed by atoms with E-state index in [1.807, 2.05) is 33.3 Å². The van der Waals surface area contributed by atoms with Crippen molar-refractivity contribution in [2.75, 3.05) is 41.0 Å². The molecule has 0 saturated heterocycles. The molecule has 0 heterocycles. The number of esters is 2. The fourth-order valence-corrected chi connectivity index (χ4v) is 4.81. The van der Waals surface area contributed by atoms with Crippen LogP contribution in [0.5, 0.6) is 0 Å². The van der Waals surface area contributed by atoms with Gasteiger partial charge >= 0.3 is 17.9 Å². The first-order chi connectivity index (χ1) is 23.6. The molecule has 0 bridgehead atoms. The molecule has 0 aliphatic rings. The van der Waals surface area contributed by atoms with Crippen LogP contribution in [0.25, 0.3) is 0 Å². The van der Waals surface area contributed by atoms with Gasteiger partial charge < -0.3 is 23.8 Å². The predicted octanol–water partition coefficient (Wildman–Crippen LogP) is 9.24. The molecule has 8 nitrogen and oxygen atoms in total. The molecular weight excluding hydrogens is 618 g/mol. The molecule has 2 unspecified atom stereocenters. The summed E-state index contributed by atoms with van der Waals surface area (Å²) in [6, 6.07) is -0.626. The van der Waals surface area contributed by atoms with E-state index in [4.69, 9.17) is 14.2 Å². The van der Waals surface area contributed by atoms with E-state index in [0.717, 1.165) is 77.0 Å². The molecule has 278 valence electrons. The molecule has 0 aromatic heterocycles. The van der Waals surface area contributed by atoms with Crippen LogP contribution in [0.1, 0.15) is 117 Å². The van der Waals surface area contributed by atoms with Gasteiger partial charge in [0.25, 0.3) is 0 Å². The summed E-state index contributed by atoms with van der Waals surface area (Å²) in [4.78, 5) is 36.7. The summed E-state index contributed by atoms with van der Waals surface area (Å²) < 4.78 is 17.1. The van der Waals surface area contributed by atoms with Gasteiger partial charge in [-0.2, -0.15) is 0 Å². The highest BCUT2D eigenvalue weighted by atomic mass is 16.6. The lowest BCUT2D eigenvalue weighted by molar-refractivity contribution is -0.887. The zero-order valence-corrected chi connectivity index (χ0v) is 31.4. The van der Waals surface area contributed by atoms with Crippen LogP contribution in [0.3, 0.4) is 0 Å². The third kappa shape index (κ3) is 30.6. The minimum atomic E-state index is -0.889. The highest BCUT2D eigenvalue weighted by Gasteiger charge is 2.31. The molecule has 0 fully saturated rings. The molecule has 1 N–H and O–H groups in total. The number of carbonyl (C=O) groups is 3. The number of aliphatic carboxylic acids is 1. The lowest BCUT2D eigenvalue weighted by Crippen LogP contribution is -2.50. The number of hydrogen-bond donors (Lipinski definition) is 1. The number of likely N-dealkylation sites (N-methyl/N-ethyl adjacent to an activating group) is 1. The molecule has 0 rings (SSSR count). The van der Waals surface area contributed by atoms with Crippen LogP contribution in [0.4, 0.5) is 0 Å². The van der Waals surface area contributed by atoms with E-state index in [1.165, 1.54) is 0 Å². The van der Waals surface area contributed by atoms with Crippen LogP contribution in [-0.4, -0.2) is 80.6 Å². The molecule has 2 atom stereocenters. The van der Waals surface area contributed by atoms with Gasteiger partial charge in [-0.15, -0.1) is 0 Å². The number of quaternary nitrogens is 1. The second kappa shape index (κ2) is 32.0. The Morgan fingerprint density at radius 2 is 1.18 bits per heavy atom. The summed E-state index contributed by atoms with van der Waals surface area (Å²) in [5.41, 5.74) is 0. The summed E-state index contributed by atoms with van der Waals surface area (Å²) in [5, 5.41) is 9.57. The molecule has 49 heavy (non-hydrogen) atoms. The molecular formula is C41H68NO7+. The fraction of sp³-hybridized carbons (Fsp3) is 0.634. The quantitative estimate of drug-likeness (QED) is 0.0255. The maximum absolute atomic E-state index is 12.6. The number of unbranched alkanes of at least 4 members (excludes halogenated alkanes) is 7. The van der Waals surface area contributed by atoms with E-state index >= 15 is 0 Å². The molecule has 0 aromatic carbocycles. The maximum Gasteiger partial charge on any atom is 0.362 e. The smallest absolute Gasteiger partial charge is 0.362 e. The molecule has 0 saturated carbocycles. The van der Waals surface area contributed by atoms with Gasteiger partial charge in [0.05, 0.1) is 34.4 Å². The molecule has 0 aliphatic carbocycles. The van der Waals surface area contributed by atoms with E-state index < -0.39 is 18.1 Å². The van der Waals surface area contributed by atoms with E-state index in [9.17, 15) is 19.5 Å². The third-order valence-corrected chi connectivity index (χ3v) is 7.66. The average Bonchev–Trinajstić information content (AvgIpc) is 3.05. The van der Waals surface area contributed by atoms with Crippen molar-refractivity contribution in [3.8, 4) is 0 Å². The van der Waals surface area contributed by atoms with Crippen LogP contribution in [0, 0.1) is 0 Å². The highest BCUT2D eigenvalue weighted by molar-refractivity contribution is 5.72. The van der Waals surface area contributed by atoms with Crippen molar-refractivity contribution >= 4 is 17.9 Å². The minimum absolute atomic E-state index is 0.0344. The van der Waals surface area contributed by atoms with Crippen molar-refractivity contribution in [2.45, 2.75) is 129 Å². The molecule has 0 radical (unpaired) electrons.